The van der Waals surface area contributed by atoms with Crippen LogP contribution in [0.4, 0.5) is 5.69 Å². The number of rotatable bonds is 5. The van der Waals surface area contributed by atoms with Crippen molar-refractivity contribution < 1.29 is 9.47 Å². The second-order valence-electron chi connectivity index (χ2n) is 14.9. The van der Waals surface area contributed by atoms with Gasteiger partial charge in [0.15, 0.2) is 5.60 Å². The molecule has 0 spiro atoms. The first-order valence-corrected chi connectivity index (χ1v) is 18.7. The molecule has 0 N–H and O–H groups in total. The fourth-order valence-electron chi connectivity index (χ4n) is 8.86. The molecule has 0 amide bonds. The summed E-state index contributed by atoms with van der Waals surface area (Å²) in [5.74, 6) is 0.896. The average molecular weight is 689 g/mol. The Morgan fingerprint density at radius 1 is 0.642 bits per heavy atom. The Labute approximate surface area is 311 Å². The van der Waals surface area contributed by atoms with Gasteiger partial charge in [-0.1, -0.05) is 141 Å². The SMILES string of the molecule is CC1(C)c2ccccc2-c2c1c1c(c3ccccc23)OC(c2ccc(N3CCOCC3)cc2)(c2cc(-c3ccccc3)cc(-c3ccccc3)n2)C=C1. The van der Waals surface area contributed by atoms with E-state index in [2.05, 4.69) is 176 Å². The van der Waals surface area contributed by atoms with Gasteiger partial charge in [-0.25, -0.2) is 4.98 Å². The van der Waals surface area contributed by atoms with E-state index in [9.17, 15) is 0 Å². The van der Waals surface area contributed by atoms with Crippen LogP contribution in [0.15, 0.2) is 152 Å². The number of morpholine rings is 1. The zero-order valence-electron chi connectivity index (χ0n) is 30.1. The summed E-state index contributed by atoms with van der Waals surface area (Å²) in [7, 11) is 0. The minimum atomic E-state index is -1.02. The van der Waals surface area contributed by atoms with Crippen molar-refractivity contribution in [2.24, 2.45) is 0 Å². The third-order valence-electron chi connectivity index (χ3n) is 11.5. The van der Waals surface area contributed by atoms with Crippen molar-refractivity contribution in [1.82, 2.24) is 4.98 Å². The number of nitrogens with zero attached hydrogens (tertiary/aromatic N) is 2. The van der Waals surface area contributed by atoms with Crippen molar-refractivity contribution >= 4 is 22.5 Å². The monoisotopic (exact) mass is 688 g/mol. The van der Waals surface area contributed by atoms with E-state index in [4.69, 9.17) is 14.5 Å². The van der Waals surface area contributed by atoms with Crippen LogP contribution in [0.25, 0.3) is 50.4 Å². The first kappa shape index (κ1) is 31.7. The van der Waals surface area contributed by atoms with Crippen LogP contribution in [0.3, 0.4) is 0 Å². The van der Waals surface area contributed by atoms with Crippen molar-refractivity contribution in [3.05, 3.63) is 180 Å². The van der Waals surface area contributed by atoms with Crippen LogP contribution >= 0.6 is 0 Å². The van der Waals surface area contributed by atoms with Gasteiger partial charge < -0.3 is 14.4 Å². The maximum atomic E-state index is 7.71. The first-order chi connectivity index (χ1) is 26.0. The van der Waals surface area contributed by atoms with Gasteiger partial charge in [-0.05, 0) is 69.1 Å². The lowest BCUT2D eigenvalue weighted by atomic mass is 9.77. The number of ether oxygens (including phenoxy) is 2. The van der Waals surface area contributed by atoms with Crippen molar-refractivity contribution in [2.45, 2.75) is 24.9 Å². The molecule has 1 aromatic heterocycles. The van der Waals surface area contributed by atoms with Crippen LogP contribution in [0.2, 0.25) is 0 Å². The highest BCUT2D eigenvalue weighted by Crippen LogP contribution is 2.58. The van der Waals surface area contributed by atoms with Crippen molar-refractivity contribution in [3.63, 3.8) is 0 Å². The van der Waals surface area contributed by atoms with Crippen molar-refractivity contribution in [3.8, 4) is 39.3 Å². The van der Waals surface area contributed by atoms with Gasteiger partial charge in [0.1, 0.15) is 5.75 Å². The Bertz CT molecular complexity index is 2480. The molecule has 1 atom stereocenters. The zero-order chi connectivity index (χ0) is 35.6. The van der Waals surface area contributed by atoms with Gasteiger partial charge in [-0.2, -0.15) is 0 Å². The van der Waals surface area contributed by atoms with Gasteiger partial charge in [0, 0.05) is 46.3 Å². The van der Waals surface area contributed by atoms with E-state index in [1.165, 1.54) is 33.3 Å². The van der Waals surface area contributed by atoms with Gasteiger partial charge in [0.25, 0.3) is 0 Å². The number of aromatic nitrogens is 1. The molecular weight excluding hydrogens is 649 g/mol. The molecule has 0 bridgehead atoms. The number of fused-ring (bicyclic) bond motifs is 8. The van der Waals surface area contributed by atoms with Gasteiger partial charge in [0.2, 0.25) is 0 Å². The van der Waals surface area contributed by atoms with Gasteiger partial charge in [-0.3, -0.25) is 0 Å². The summed E-state index contributed by atoms with van der Waals surface area (Å²) >= 11 is 0. The number of hydrogen-bond donors (Lipinski definition) is 0. The standard InChI is InChI=1S/C49H40N2O2/c1-48(2)42-20-12-11-19-40(42)45-38-17-9-10-18-39(38)47-41(46(45)48)25-26-49(53-47,36-21-23-37(24-22-36)51-27-29-52-30-28-51)44-32-35(33-13-5-3-6-14-33)31-43(50-44)34-15-7-4-8-16-34/h3-26,31-32H,27-30H2,1-2H3. The summed E-state index contributed by atoms with van der Waals surface area (Å²) in [5.41, 5.74) is 12.4. The second-order valence-corrected chi connectivity index (χ2v) is 14.9. The molecule has 0 radical (unpaired) electrons. The summed E-state index contributed by atoms with van der Waals surface area (Å²) in [6.07, 6.45) is 4.59. The molecule has 7 aromatic rings. The largest absolute Gasteiger partial charge is 0.471 e. The van der Waals surface area contributed by atoms with E-state index in [1.807, 2.05) is 0 Å². The fraction of sp³-hybridized carbons (Fsp3) is 0.163. The van der Waals surface area contributed by atoms with E-state index in [0.29, 0.717) is 0 Å². The van der Waals surface area contributed by atoms with Crippen LogP contribution < -0.4 is 9.64 Å². The molecule has 1 saturated heterocycles. The topological polar surface area (TPSA) is 34.6 Å². The van der Waals surface area contributed by atoms with E-state index in [-0.39, 0.29) is 5.41 Å². The highest BCUT2D eigenvalue weighted by molar-refractivity contribution is 6.08. The van der Waals surface area contributed by atoms with Crippen LogP contribution in [0, 0.1) is 0 Å². The number of hydrogen-bond acceptors (Lipinski definition) is 4. The van der Waals surface area contributed by atoms with Crippen LogP contribution in [0.5, 0.6) is 5.75 Å². The Morgan fingerprint density at radius 3 is 2.06 bits per heavy atom. The minimum absolute atomic E-state index is 0.209. The molecule has 258 valence electrons. The van der Waals surface area contributed by atoms with E-state index < -0.39 is 5.60 Å². The molecule has 1 aliphatic carbocycles. The Morgan fingerprint density at radius 2 is 1.30 bits per heavy atom. The average Bonchev–Trinajstić information content (AvgIpc) is 3.48. The predicted octanol–water partition coefficient (Wildman–Crippen LogP) is 11.1. The Kier molecular flexibility index (Phi) is 7.38. The molecule has 4 heteroatoms. The van der Waals surface area contributed by atoms with E-state index >= 15 is 0 Å². The van der Waals surface area contributed by atoms with Crippen molar-refractivity contribution in [2.75, 3.05) is 31.2 Å². The lowest BCUT2D eigenvalue weighted by molar-refractivity contribution is 0.122. The van der Waals surface area contributed by atoms with Crippen LogP contribution in [-0.4, -0.2) is 31.3 Å². The number of pyridine rings is 1. The Hall–Kier alpha value is -5.97. The van der Waals surface area contributed by atoms with Crippen LogP contribution in [-0.2, 0) is 15.8 Å². The summed E-state index contributed by atoms with van der Waals surface area (Å²) in [4.78, 5) is 7.89. The summed E-state index contributed by atoms with van der Waals surface area (Å²) in [5, 5.41) is 2.32. The number of anilines is 1. The summed E-state index contributed by atoms with van der Waals surface area (Å²) in [6.45, 7) is 7.94. The van der Waals surface area contributed by atoms with Crippen molar-refractivity contribution in [1.29, 1.82) is 0 Å². The predicted molar refractivity (Wildman–Crippen MR) is 217 cm³/mol. The lowest BCUT2D eigenvalue weighted by Gasteiger charge is -2.38. The molecule has 53 heavy (non-hydrogen) atoms. The third-order valence-corrected chi connectivity index (χ3v) is 11.5. The molecule has 4 nitrogen and oxygen atoms in total. The molecule has 1 fully saturated rings. The Balaban J connectivity index is 1.24. The summed E-state index contributed by atoms with van der Waals surface area (Å²) < 4.78 is 13.4. The minimum Gasteiger partial charge on any atom is -0.471 e. The number of benzene rings is 6. The molecule has 0 saturated carbocycles. The molecule has 10 rings (SSSR count). The van der Waals surface area contributed by atoms with E-state index in [0.717, 1.165) is 76.6 Å². The van der Waals surface area contributed by atoms with Gasteiger partial charge in [-0.15, -0.1) is 0 Å². The molecular formula is C49H40N2O2. The highest BCUT2D eigenvalue weighted by Gasteiger charge is 2.45. The molecule has 2 aliphatic heterocycles. The lowest BCUT2D eigenvalue weighted by Crippen LogP contribution is -2.37. The summed E-state index contributed by atoms with van der Waals surface area (Å²) in [6, 6.07) is 52.0. The highest BCUT2D eigenvalue weighted by atomic mass is 16.5. The molecule has 1 unspecified atom stereocenters. The third kappa shape index (κ3) is 5.04. The molecule has 3 aliphatic rings. The second kappa shape index (κ2) is 12.3. The first-order valence-electron chi connectivity index (χ1n) is 18.7. The smallest absolute Gasteiger partial charge is 0.194 e. The van der Waals surface area contributed by atoms with E-state index in [1.54, 1.807) is 0 Å². The molecule has 6 aromatic carbocycles. The van der Waals surface area contributed by atoms with Gasteiger partial charge in [0.05, 0.1) is 24.6 Å². The maximum Gasteiger partial charge on any atom is 0.194 e. The van der Waals surface area contributed by atoms with Gasteiger partial charge >= 0.3 is 0 Å². The fourth-order valence-corrected chi connectivity index (χ4v) is 8.86. The maximum absolute atomic E-state index is 7.71. The van der Waals surface area contributed by atoms with Crippen LogP contribution in [0.1, 0.15) is 41.8 Å². The molecule has 3 heterocycles. The zero-order valence-corrected chi connectivity index (χ0v) is 30.1. The quantitative estimate of drug-likeness (QED) is 0.180. The normalized spacial score (nSPS) is 18.3.